The number of benzene rings is 1. The molecule has 1 aliphatic rings. The molecule has 1 aliphatic carbocycles. The van der Waals surface area contributed by atoms with Gasteiger partial charge in [0.15, 0.2) is 0 Å². The molecule has 0 radical (unpaired) electrons. The lowest BCUT2D eigenvalue weighted by atomic mass is 9.78. The van der Waals surface area contributed by atoms with Crippen molar-refractivity contribution in [2.24, 2.45) is 5.92 Å². The van der Waals surface area contributed by atoms with Crippen molar-refractivity contribution in [2.75, 3.05) is 18.5 Å². The Bertz CT molecular complexity index is 496. The second kappa shape index (κ2) is 8.34. The Labute approximate surface area is 139 Å². The fraction of sp³-hybridized carbons (Fsp3) is 0.632. The van der Waals surface area contributed by atoms with Gasteiger partial charge in [-0.2, -0.15) is 0 Å². The highest BCUT2D eigenvalue weighted by atomic mass is 16.5. The van der Waals surface area contributed by atoms with Crippen molar-refractivity contribution in [3.63, 3.8) is 0 Å². The van der Waals surface area contributed by atoms with Crippen molar-refractivity contribution < 1.29 is 14.3 Å². The SMILES string of the molecule is CCCOc1ccc(NC(=O)[C@@]2(OCC)CCC[C@@H](C)C2)cc1. The second-order valence-electron chi connectivity index (χ2n) is 6.46. The summed E-state index contributed by atoms with van der Waals surface area (Å²) >= 11 is 0. The topological polar surface area (TPSA) is 47.6 Å². The fourth-order valence-corrected chi connectivity index (χ4v) is 3.28. The van der Waals surface area contributed by atoms with Gasteiger partial charge >= 0.3 is 0 Å². The first-order valence-electron chi connectivity index (χ1n) is 8.78. The first kappa shape index (κ1) is 17.8. The van der Waals surface area contributed by atoms with E-state index in [9.17, 15) is 4.79 Å². The minimum atomic E-state index is -0.677. The molecule has 0 unspecified atom stereocenters. The quantitative estimate of drug-likeness (QED) is 0.810. The zero-order valence-corrected chi connectivity index (χ0v) is 14.6. The number of hydrogen-bond donors (Lipinski definition) is 1. The number of amides is 1. The third-order valence-corrected chi connectivity index (χ3v) is 4.38. The summed E-state index contributed by atoms with van der Waals surface area (Å²) in [7, 11) is 0. The molecule has 1 N–H and O–H groups in total. The number of ether oxygens (including phenoxy) is 2. The van der Waals surface area contributed by atoms with Gasteiger partial charge in [0.1, 0.15) is 11.4 Å². The summed E-state index contributed by atoms with van der Waals surface area (Å²) in [6.45, 7) is 7.49. The van der Waals surface area contributed by atoms with E-state index in [2.05, 4.69) is 19.2 Å². The number of anilines is 1. The number of carbonyl (C=O) groups is 1. The Hall–Kier alpha value is -1.55. The van der Waals surface area contributed by atoms with Crippen molar-refractivity contribution in [1.82, 2.24) is 0 Å². The highest BCUT2D eigenvalue weighted by Crippen LogP contribution is 2.36. The van der Waals surface area contributed by atoms with Gasteiger partial charge in [-0.25, -0.2) is 0 Å². The Kier molecular flexibility index (Phi) is 6.46. The van der Waals surface area contributed by atoms with Crippen LogP contribution in [0.5, 0.6) is 5.75 Å². The predicted molar refractivity (Wildman–Crippen MR) is 92.8 cm³/mol. The standard InChI is InChI=1S/C19H29NO3/c1-4-13-22-17-10-8-16(9-11-17)20-18(21)19(23-5-2)12-6-7-15(3)14-19/h8-11,15H,4-7,12-14H2,1-3H3,(H,20,21)/t15-,19-/m1/s1. The molecule has 1 saturated carbocycles. The maximum atomic E-state index is 12.8. The van der Waals surface area contributed by atoms with Crippen LogP contribution in [0.4, 0.5) is 5.69 Å². The van der Waals surface area contributed by atoms with Crippen molar-refractivity contribution >= 4 is 11.6 Å². The van der Waals surface area contributed by atoms with E-state index in [0.717, 1.165) is 37.1 Å². The van der Waals surface area contributed by atoms with Gasteiger partial charge in [0.05, 0.1) is 6.61 Å². The maximum Gasteiger partial charge on any atom is 0.256 e. The van der Waals surface area contributed by atoms with Crippen molar-refractivity contribution in [3.05, 3.63) is 24.3 Å². The third kappa shape index (κ3) is 4.71. The molecular weight excluding hydrogens is 290 g/mol. The molecular formula is C19H29NO3. The molecule has 0 bridgehead atoms. The van der Waals surface area contributed by atoms with Gasteiger partial charge < -0.3 is 14.8 Å². The van der Waals surface area contributed by atoms with Gasteiger partial charge in [0, 0.05) is 12.3 Å². The average Bonchev–Trinajstić information content (AvgIpc) is 2.54. The highest BCUT2D eigenvalue weighted by Gasteiger charge is 2.42. The van der Waals surface area contributed by atoms with Crippen LogP contribution in [0.25, 0.3) is 0 Å². The molecule has 0 saturated heterocycles. The lowest BCUT2D eigenvalue weighted by Crippen LogP contribution is -2.48. The molecule has 4 heteroatoms. The lowest BCUT2D eigenvalue weighted by molar-refractivity contribution is -0.147. The molecule has 23 heavy (non-hydrogen) atoms. The van der Waals surface area contributed by atoms with Crippen LogP contribution in [0.15, 0.2) is 24.3 Å². The Morgan fingerprint density at radius 1 is 1.30 bits per heavy atom. The van der Waals surface area contributed by atoms with Crippen molar-refractivity contribution in [1.29, 1.82) is 0 Å². The largest absolute Gasteiger partial charge is 0.494 e. The highest BCUT2D eigenvalue weighted by molar-refractivity contribution is 5.97. The summed E-state index contributed by atoms with van der Waals surface area (Å²) in [5.41, 5.74) is 0.111. The number of hydrogen-bond acceptors (Lipinski definition) is 3. The Balaban J connectivity index is 2.03. The first-order valence-corrected chi connectivity index (χ1v) is 8.78. The van der Waals surface area contributed by atoms with Crippen molar-refractivity contribution in [3.8, 4) is 5.75 Å². The number of carbonyl (C=O) groups excluding carboxylic acids is 1. The summed E-state index contributed by atoms with van der Waals surface area (Å²) in [6, 6.07) is 7.55. The van der Waals surface area contributed by atoms with E-state index in [4.69, 9.17) is 9.47 Å². The van der Waals surface area contributed by atoms with Crippen LogP contribution in [0.3, 0.4) is 0 Å². The van der Waals surface area contributed by atoms with Crippen LogP contribution in [0, 0.1) is 5.92 Å². The normalized spacial score (nSPS) is 24.2. The van der Waals surface area contributed by atoms with E-state index >= 15 is 0 Å². The smallest absolute Gasteiger partial charge is 0.256 e. The van der Waals surface area contributed by atoms with Crippen LogP contribution in [0.2, 0.25) is 0 Å². The van der Waals surface area contributed by atoms with Gasteiger partial charge in [-0.05, 0) is 62.8 Å². The molecule has 0 heterocycles. The number of rotatable bonds is 7. The molecule has 1 aromatic rings. The second-order valence-corrected chi connectivity index (χ2v) is 6.46. The molecule has 1 amide bonds. The van der Waals surface area contributed by atoms with Gasteiger partial charge in [0.2, 0.25) is 0 Å². The molecule has 1 fully saturated rings. The zero-order chi connectivity index (χ0) is 16.7. The molecule has 0 aliphatic heterocycles. The number of nitrogens with one attached hydrogen (secondary N) is 1. The molecule has 2 atom stereocenters. The van der Waals surface area contributed by atoms with Crippen LogP contribution in [-0.4, -0.2) is 24.7 Å². The first-order chi connectivity index (χ1) is 11.1. The molecule has 0 spiro atoms. The molecule has 0 aromatic heterocycles. The van der Waals surface area contributed by atoms with Crippen LogP contribution >= 0.6 is 0 Å². The van der Waals surface area contributed by atoms with E-state index in [0.29, 0.717) is 19.1 Å². The molecule has 2 rings (SSSR count). The molecule has 1 aromatic carbocycles. The van der Waals surface area contributed by atoms with Gasteiger partial charge in [-0.1, -0.05) is 20.3 Å². The molecule has 4 nitrogen and oxygen atoms in total. The van der Waals surface area contributed by atoms with E-state index in [1.54, 1.807) is 0 Å². The predicted octanol–water partition coefficient (Wildman–Crippen LogP) is 4.40. The van der Waals surface area contributed by atoms with Gasteiger partial charge in [-0.3, -0.25) is 4.79 Å². The fourth-order valence-electron chi connectivity index (χ4n) is 3.28. The summed E-state index contributed by atoms with van der Waals surface area (Å²) in [5.74, 6) is 1.33. The Morgan fingerprint density at radius 3 is 2.65 bits per heavy atom. The van der Waals surface area contributed by atoms with Crippen LogP contribution < -0.4 is 10.1 Å². The molecule has 128 valence electrons. The van der Waals surface area contributed by atoms with E-state index < -0.39 is 5.60 Å². The summed E-state index contributed by atoms with van der Waals surface area (Å²) in [5, 5.41) is 3.02. The van der Waals surface area contributed by atoms with Crippen LogP contribution in [0.1, 0.15) is 52.9 Å². The van der Waals surface area contributed by atoms with E-state index in [1.165, 1.54) is 6.42 Å². The lowest BCUT2D eigenvalue weighted by Gasteiger charge is -2.38. The third-order valence-electron chi connectivity index (χ3n) is 4.38. The zero-order valence-electron chi connectivity index (χ0n) is 14.6. The van der Waals surface area contributed by atoms with E-state index in [-0.39, 0.29) is 5.91 Å². The summed E-state index contributed by atoms with van der Waals surface area (Å²) < 4.78 is 11.5. The summed E-state index contributed by atoms with van der Waals surface area (Å²) in [6.07, 6.45) is 4.79. The Morgan fingerprint density at radius 2 is 2.04 bits per heavy atom. The van der Waals surface area contributed by atoms with E-state index in [1.807, 2.05) is 31.2 Å². The van der Waals surface area contributed by atoms with Gasteiger partial charge in [-0.15, -0.1) is 0 Å². The summed E-state index contributed by atoms with van der Waals surface area (Å²) in [4.78, 5) is 12.8. The minimum Gasteiger partial charge on any atom is -0.494 e. The van der Waals surface area contributed by atoms with Crippen LogP contribution in [-0.2, 0) is 9.53 Å². The van der Waals surface area contributed by atoms with Gasteiger partial charge in [0.25, 0.3) is 5.91 Å². The van der Waals surface area contributed by atoms with Crippen molar-refractivity contribution in [2.45, 2.75) is 58.5 Å². The minimum absolute atomic E-state index is 0.0203. The monoisotopic (exact) mass is 319 g/mol. The maximum absolute atomic E-state index is 12.8. The average molecular weight is 319 g/mol.